The van der Waals surface area contributed by atoms with Gasteiger partial charge < -0.3 is 14.7 Å². The summed E-state index contributed by atoms with van der Waals surface area (Å²) in [5.41, 5.74) is 0.776. The SMILES string of the molecule is COc1ccc(CCC2(O)CCCN(C(C)C)CC2)cc1. The van der Waals surface area contributed by atoms with E-state index in [-0.39, 0.29) is 0 Å². The molecule has 1 aliphatic heterocycles. The summed E-state index contributed by atoms with van der Waals surface area (Å²) in [6.45, 7) is 6.60. The minimum atomic E-state index is -0.496. The van der Waals surface area contributed by atoms with Crippen LogP contribution in [0.2, 0.25) is 0 Å². The van der Waals surface area contributed by atoms with Crippen molar-refractivity contribution in [1.82, 2.24) is 4.90 Å². The van der Waals surface area contributed by atoms with Crippen molar-refractivity contribution >= 4 is 0 Å². The lowest BCUT2D eigenvalue weighted by Gasteiger charge is -2.28. The van der Waals surface area contributed by atoms with Gasteiger partial charge in [0.15, 0.2) is 0 Å². The predicted molar refractivity (Wildman–Crippen MR) is 86.8 cm³/mol. The van der Waals surface area contributed by atoms with Crippen LogP contribution in [0, 0.1) is 0 Å². The van der Waals surface area contributed by atoms with Gasteiger partial charge in [-0.15, -0.1) is 0 Å². The number of rotatable bonds is 5. The maximum absolute atomic E-state index is 10.9. The smallest absolute Gasteiger partial charge is 0.118 e. The number of aliphatic hydroxyl groups is 1. The molecule has 0 bridgehead atoms. The van der Waals surface area contributed by atoms with Crippen LogP contribution < -0.4 is 4.74 Å². The molecule has 21 heavy (non-hydrogen) atoms. The Balaban J connectivity index is 1.88. The number of ether oxygens (including phenoxy) is 1. The van der Waals surface area contributed by atoms with Crippen molar-refractivity contribution in [3.05, 3.63) is 29.8 Å². The highest BCUT2D eigenvalue weighted by molar-refractivity contribution is 5.27. The van der Waals surface area contributed by atoms with Crippen LogP contribution in [-0.2, 0) is 6.42 Å². The third kappa shape index (κ3) is 4.72. The lowest BCUT2D eigenvalue weighted by atomic mass is 9.88. The number of aryl methyl sites for hydroxylation is 1. The Morgan fingerprint density at radius 2 is 1.90 bits per heavy atom. The molecule has 1 aromatic rings. The summed E-state index contributed by atoms with van der Waals surface area (Å²) in [5, 5.41) is 10.9. The molecule has 0 aromatic heterocycles. The first-order chi connectivity index (χ1) is 10.0. The number of benzene rings is 1. The number of methoxy groups -OCH3 is 1. The van der Waals surface area contributed by atoms with E-state index in [1.807, 2.05) is 12.1 Å². The molecule has 1 heterocycles. The Hall–Kier alpha value is -1.06. The fourth-order valence-electron chi connectivity index (χ4n) is 3.14. The lowest BCUT2D eigenvalue weighted by Crippen LogP contribution is -2.34. The first kappa shape index (κ1) is 16.3. The van der Waals surface area contributed by atoms with E-state index in [4.69, 9.17) is 4.74 Å². The molecule has 3 heteroatoms. The first-order valence-electron chi connectivity index (χ1n) is 8.12. The van der Waals surface area contributed by atoms with E-state index >= 15 is 0 Å². The molecule has 1 fully saturated rings. The van der Waals surface area contributed by atoms with Gasteiger partial charge in [0.1, 0.15) is 5.75 Å². The first-order valence-corrected chi connectivity index (χ1v) is 8.12. The van der Waals surface area contributed by atoms with Gasteiger partial charge in [0, 0.05) is 12.6 Å². The predicted octanol–water partition coefficient (Wildman–Crippen LogP) is 3.25. The van der Waals surface area contributed by atoms with Crippen molar-refractivity contribution < 1.29 is 9.84 Å². The summed E-state index contributed by atoms with van der Waals surface area (Å²) in [5.74, 6) is 0.888. The molecule has 0 spiro atoms. The topological polar surface area (TPSA) is 32.7 Å². The molecule has 1 aromatic carbocycles. The summed E-state index contributed by atoms with van der Waals surface area (Å²) in [6.07, 6.45) is 4.69. The Morgan fingerprint density at radius 1 is 1.19 bits per heavy atom. The van der Waals surface area contributed by atoms with Crippen LogP contribution in [0.4, 0.5) is 0 Å². The lowest BCUT2D eigenvalue weighted by molar-refractivity contribution is 0.0165. The van der Waals surface area contributed by atoms with Gasteiger partial charge in [-0.1, -0.05) is 12.1 Å². The number of likely N-dealkylation sites (tertiary alicyclic amines) is 1. The molecule has 2 rings (SSSR count). The standard InChI is InChI=1S/C18H29NO2/c1-15(2)19-13-4-10-18(20,12-14-19)11-9-16-5-7-17(21-3)8-6-16/h5-8,15,20H,4,9-14H2,1-3H3. The molecule has 1 N–H and O–H groups in total. The molecule has 3 nitrogen and oxygen atoms in total. The zero-order chi connectivity index (χ0) is 15.3. The number of hydrogen-bond acceptors (Lipinski definition) is 3. The van der Waals surface area contributed by atoms with Gasteiger partial charge in [0.25, 0.3) is 0 Å². The maximum atomic E-state index is 10.9. The van der Waals surface area contributed by atoms with Crippen molar-refractivity contribution in [1.29, 1.82) is 0 Å². The Morgan fingerprint density at radius 3 is 2.52 bits per heavy atom. The summed E-state index contributed by atoms with van der Waals surface area (Å²) >= 11 is 0. The second-order valence-corrected chi connectivity index (χ2v) is 6.56. The van der Waals surface area contributed by atoms with Crippen LogP contribution in [0.3, 0.4) is 0 Å². The maximum Gasteiger partial charge on any atom is 0.118 e. The van der Waals surface area contributed by atoms with Crippen LogP contribution in [0.1, 0.15) is 45.1 Å². The van der Waals surface area contributed by atoms with E-state index in [0.29, 0.717) is 6.04 Å². The van der Waals surface area contributed by atoms with Crippen molar-refractivity contribution in [2.24, 2.45) is 0 Å². The monoisotopic (exact) mass is 291 g/mol. The molecule has 0 aliphatic carbocycles. The number of nitrogens with zero attached hydrogens (tertiary/aromatic N) is 1. The quantitative estimate of drug-likeness (QED) is 0.904. The highest BCUT2D eigenvalue weighted by atomic mass is 16.5. The minimum Gasteiger partial charge on any atom is -0.497 e. The number of hydrogen-bond donors (Lipinski definition) is 1. The molecule has 118 valence electrons. The van der Waals surface area contributed by atoms with Crippen LogP contribution in [0.5, 0.6) is 5.75 Å². The fourth-order valence-corrected chi connectivity index (χ4v) is 3.14. The third-order valence-electron chi connectivity index (χ3n) is 4.72. The van der Waals surface area contributed by atoms with Crippen molar-refractivity contribution in [2.45, 2.75) is 57.6 Å². The fraction of sp³-hybridized carbons (Fsp3) is 0.667. The second-order valence-electron chi connectivity index (χ2n) is 6.56. The van der Waals surface area contributed by atoms with Crippen LogP contribution in [0.15, 0.2) is 24.3 Å². The highest BCUT2D eigenvalue weighted by Crippen LogP contribution is 2.28. The van der Waals surface area contributed by atoms with Gasteiger partial charge in [-0.25, -0.2) is 0 Å². The highest BCUT2D eigenvalue weighted by Gasteiger charge is 2.30. The average Bonchev–Trinajstić information content (AvgIpc) is 2.68. The van der Waals surface area contributed by atoms with Crippen LogP contribution in [-0.4, -0.2) is 41.8 Å². The minimum absolute atomic E-state index is 0.496. The Kier molecular flexibility index (Phi) is 5.65. The van der Waals surface area contributed by atoms with Gasteiger partial charge >= 0.3 is 0 Å². The van der Waals surface area contributed by atoms with E-state index in [2.05, 4.69) is 30.9 Å². The molecule has 1 atom stereocenters. The van der Waals surface area contributed by atoms with E-state index in [1.54, 1.807) is 7.11 Å². The normalized spacial score (nSPS) is 24.0. The zero-order valence-corrected chi connectivity index (χ0v) is 13.6. The van der Waals surface area contributed by atoms with Crippen LogP contribution >= 0.6 is 0 Å². The Bertz CT molecular complexity index is 429. The van der Waals surface area contributed by atoms with E-state index in [9.17, 15) is 5.11 Å². The van der Waals surface area contributed by atoms with Gasteiger partial charge in [0.05, 0.1) is 12.7 Å². The van der Waals surface area contributed by atoms with Gasteiger partial charge in [0.2, 0.25) is 0 Å². The molecule has 1 unspecified atom stereocenters. The average molecular weight is 291 g/mol. The van der Waals surface area contributed by atoms with Crippen molar-refractivity contribution in [3.8, 4) is 5.75 Å². The molecule has 1 saturated heterocycles. The summed E-state index contributed by atoms with van der Waals surface area (Å²) in [4.78, 5) is 2.48. The molecule has 0 radical (unpaired) electrons. The van der Waals surface area contributed by atoms with Crippen molar-refractivity contribution in [3.63, 3.8) is 0 Å². The molecule has 0 saturated carbocycles. The summed E-state index contributed by atoms with van der Waals surface area (Å²) in [6, 6.07) is 8.76. The Labute approximate surface area is 128 Å². The zero-order valence-electron chi connectivity index (χ0n) is 13.6. The molecular weight excluding hydrogens is 262 g/mol. The van der Waals surface area contributed by atoms with E-state index in [0.717, 1.165) is 50.9 Å². The third-order valence-corrected chi connectivity index (χ3v) is 4.72. The summed E-state index contributed by atoms with van der Waals surface area (Å²) in [7, 11) is 1.68. The van der Waals surface area contributed by atoms with Crippen molar-refractivity contribution in [2.75, 3.05) is 20.2 Å². The van der Waals surface area contributed by atoms with E-state index in [1.165, 1.54) is 5.56 Å². The van der Waals surface area contributed by atoms with Gasteiger partial charge in [-0.2, -0.15) is 0 Å². The van der Waals surface area contributed by atoms with Gasteiger partial charge in [-0.3, -0.25) is 0 Å². The second kappa shape index (κ2) is 7.28. The van der Waals surface area contributed by atoms with Crippen LogP contribution in [0.25, 0.3) is 0 Å². The molecule has 1 aliphatic rings. The molecular formula is C18H29NO2. The van der Waals surface area contributed by atoms with Gasteiger partial charge in [-0.05, 0) is 70.2 Å². The summed E-state index contributed by atoms with van der Waals surface area (Å²) < 4.78 is 5.18. The largest absolute Gasteiger partial charge is 0.497 e. The molecule has 0 amide bonds. The van der Waals surface area contributed by atoms with E-state index < -0.39 is 5.60 Å².